The van der Waals surface area contributed by atoms with E-state index in [1.165, 1.54) is 24.3 Å². The Bertz CT molecular complexity index is 1760. The number of carbonyl (C=O) groups is 2. The molecule has 1 aromatic heterocycles. The highest BCUT2D eigenvalue weighted by Crippen LogP contribution is 2.37. The lowest BCUT2D eigenvalue weighted by Gasteiger charge is -2.23. The molecule has 0 unspecified atom stereocenters. The SMILES string of the molecule is CCOC(=O)c1c(-c2ccccc2)oc2ccc(N(C(=O)c3ccc(C)cc3)S(=O)(=O)c3ccccc3)cc12. The van der Waals surface area contributed by atoms with Gasteiger partial charge >= 0.3 is 5.97 Å². The number of anilines is 1. The third-order valence-corrected chi connectivity index (χ3v) is 7.91. The van der Waals surface area contributed by atoms with Gasteiger partial charge < -0.3 is 9.15 Å². The molecule has 0 spiro atoms. The fourth-order valence-corrected chi connectivity index (χ4v) is 5.71. The number of ether oxygens (including phenoxy) is 1. The minimum absolute atomic E-state index is 0.0478. The van der Waals surface area contributed by atoms with Crippen LogP contribution in [0.1, 0.15) is 33.2 Å². The Morgan fingerprint density at radius 3 is 2.13 bits per heavy atom. The minimum Gasteiger partial charge on any atom is -0.462 e. The molecule has 0 aliphatic carbocycles. The van der Waals surface area contributed by atoms with Crippen molar-refractivity contribution in [2.75, 3.05) is 10.9 Å². The van der Waals surface area contributed by atoms with E-state index in [1.54, 1.807) is 67.6 Å². The normalized spacial score (nSPS) is 11.3. The van der Waals surface area contributed by atoms with Gasteiger partial charge in [-0.05, 0) is 56.3 Å². The first kappa shape index (κ1) is 25.9. The molecular formula is C31H25NO6S. The molecule has 0 saturated heterocycles. The standard InChI is InChI=1S/C31H25NO6S/c1-3-37-31(34)28-26-20-24(18-19-27(26)38-29(28)22-10-6-4-7-11-22)32(30(33)23-16-14-21(2)15-17-23)39(35,36)25-12-8-5-9-13-25/h4-20H,3H2,1-2H3. The molecule has 7 nitrogen and oxygen atoms in total. The number of amides is 1. The number of rotatable bonds is 7. The van der Waals surface area contributed by atoms with E-state index in [0.29, 0.717) is 22.3 Å². The number of furan rings is 1. The van der Waals surface area contributed by atoms with Gasteiger partial charge in [0.05, 0.1) is 17.2 Å². The van der Waals surface area contributed by atoms with E-state index >= 15 is 0 Å². The average Bonchev–Trinajstić information content (AvgIpc) is 3.33. The van der Waals surface area contributed by atoms with Crippen LogP contribution in [0.4, 0.5) is 5.69 Å². The maximum absolute atomic E-state index is 13.9. The van der Waals surface area contributed by atoms with Crippen LogP contribution in [0.25, 0.3) is 22.3 Å². The number of esters is 1. The Morgan fingerprint density at radius 1 is 0.846 bits per heavy atom. The van der Waals surface area contributed by atoms with Crippen molar-refractivity contribution >= 4 is 38.6 Å². The molecule has 5 aromatic rings. The first-order valence-corrected chi connectivity index (χ1v) is 13.8. The van der Waals surface area contributed by atoms with Crippen molar-refractivity contribution in [2.24, 2.45) is 0 Å². The predicted molar refractivity (Wildman–Crippen MR) is 149 cm³/mol. The zero-order valence-corrected chi connectivity index (χ0v) is 22.1. The summed E-state index contributed by atoms with van der Waals surface area (Å²) in [5, 5.41) is 0.328. The van der Waals surface area contributed by atoms with Gasteiger partial charge in [0.15, 0.2) is 0 Å². The number of carbonyl (C=O) groups excluding carboxylic acids is 2. The molecule has 0 fully saturated rings. The smallest absolute Gasteiger partial charge is 0.342 e. The van der Waals surface area contributed by atoms with Crippen LogP contribution in [0, 0.1) is 6.92 Å². The molecule has 1 amide bonds. The Morgan fingerprint density at radius 2 is 1.49 bits per heavy atom. The van der Waals surface area contributed by atoms with Crippen molar-refractivity contribution in [3.63, 3.8) is 0 Å². The van der Waals surface area contributed by atoms with E-state index in [9.17, 15) is 18.0 Å². The van der Waals surface area contributed by atoms with Crippen LogP contribution in [0.3, 0.4) is 0 Å². The molecule has 39 heavy (non-hydrogen) atoms. The molecule has 4 aromatic carbocycles. The summed E-state index contributed by atoms with van der Waals surface area (Å²) < 4.78 is 39.9. The van der Waals surface area contributed by atoms with Crippen LogP contribution in [0.2, 0.25) is 0 Å². The molecule has 0 N–H and O–H groups in total. The Hall–Kier alpha value is -4.69. The van der Waals surface area contributed by atoms with Crippen molar-refractivity contribution in [2.45, 2.75) is 18.7 Å². The van der Waals surface area contributed by atoms with E-state index in [1.807, 2.05) is 25.1 Å². The summed E-state index contributed by atoms with van der Waals surface area (Å²) in [5.41, 5.74) is 2.34. The third-order valence-electron chi connectivity index (χ3n) is 6.19. The van der Waals surface area contributed by atoms with Crippen molar-refractivity contribution in [3.05, 3.63) is 120 Å². The maximum atomic E-state index is 13.9. The Balaban J connectivity index is 1.74. The molecule has 0 atom stereocenters. The maximum Gasteiger partial charge on any atom is 0.342 e. The number of fused-ring (bicyclic) bond motifs is 1. The molecule has 8 heteroatoms. The van der Waals surface area contributed by atoms with Crippen molar-refractivity contribution in [1.82, 2.24) is 0 Å². The van der Waals surface area contributed by atoms with Gasteiger partial charge in [0, 0.05) is 16.5 Å². The highest BCUT2D eigenvalue weighted by Gasteiger charge is 2.33. The lowest BCUT2D eigenvalue weighted by atomic mass is 10.0. The van der Waals surface area contributed by atoms with Gasteiger partial charge in [-0.2, -0.15) is 4.31 Å². The summed E-state index contributed by atoms with van der Waals surface area (Å²) in [4.78, 5) is 26.9. The summed E-state index contributed by atoms with van der Waals surface area (Å²) >= 11 is 0. The minimum atomic E-state index is -4.33. The van der Waals surface area contributed by atoms with E-state index < -0.39 is 21.9 Å². The third kappa shape index (κ3) is 4.94. The second-order valence-corrected chi connectivity index (χ2v) is 10.6. The van der Waals surface area contributed by atoms with E-state index in [4.69, 9.17) is 9.15 Å². The van der Waals surface area contributed by atoms with Crippen molar-refractivity contribution < 1.29 is 27.2 Å². The number of aryl methyl sites for hydroxylation is 1. The van der Waals surface area contributed by atoms with E-state index in [-0.39, 0.29) is 28.3 Å². The Kier molecular flexibility index (Phi) is 7.04. The average molecular weight is 540 g/mol. The fraction of sp³-hybridized carbons (Fsp3) is 0.0968. The molecule has 0 aliphatic rings. The molecule has 0 bridgehead atoms. The summed E-state index contributed by atoms with van der Waals surface area (Å²) in [5.74, 6) is -1.05. The molecule has 0 radical (unpaired) electrons. The van der Waals surface area contributed by atoms with Gasteiger partial charge in [0.2, 0.25) is 0 Å². The highest BCUT2D eigenvalue weighted by molar-refractivity contribution is 7.93. The quantitative estimate of drug-likeness (QED) is 0.216. The van der Waals surface area contributed by atoms with Crippen LogP contribution in [-0.4, -0.2) is 26.9 Å². The largest absolute Gasteiger partial charge is 0.462 e. The number of sulfonamides is 1. The Labute approximate surface area is 226 Å². The van der Waals surface area contributed by atoms with Gasteiger partial charge in [-0.1, -0.05) is 66.2 Å². The monoisotopic (exact) mass is 539 g/mol. The lowest BCUT2D eigenvalue weighted by Crippen LogP contribution is -2.37. The number of nitrogens with zero attached hydrogens (tertiary/aromatic N) is 1. The molecule has 0 saturated carbocycles. The molecule has 0 aliphatic heterocycles. The van der Waals surface area contributed by atoms with Crippen LogP contribution in [0.5, 0.6) is 0 Å². The van der Waals surface area contributed by atoms with Gasteiger partial charge in [-0.15, -0.1) is 0 Å². The fourth-order valence-electron chi connectivity index (χ4n) is 4.29. The number of benzene rings is 4. The van der Waals surface area contributed by atoms with Crippen LogP contribution < -0.4 is 4.31 Å². The van der Waals surface area contributed by atoms with Crippen molar-refractivity contribution in [1.29, 1.82) is 0 Å². The molecule has 196 valence electrons. The van der Waals surface area contributed by atoms with Crippen LogP contribution in [-0.2, 0) is 14.8 Å². The summed E-state index contributed by atoms with van der Waals surface area (Å²) in [6, 6.07) is 28.0. The molecular weight excluding hydrogens is 514 g/mol. The lowest BCUT2D eigenvalue weighted by molar-refractivity contribution is 0.0528. The summed E-state index contributed by atoms with van der Waals surface area (Å²) in [6.45, 7) is 3.71. The molecule has 1 heterocycles. The second kappa shape index (κ2) is 10.6. The van der Waals surface area contributed by atoms with Crippen LogP contribution >= 0.6 is 0 Å². The zero-order valence-electron chi connectivity index (χ0n) is 21.3. The highest BCUT2D eigenvalue weighted by atomic mass is 32.2. The second-order valence-electron chi connectivity index (χ2n) is 8.83. The van der Waals surface area contributed by atoms with Gasteiger partial charge in [0.1, 0.15) is 16.9 Å². The van der Waals surface area contributed by atoms with E-state index in [0.717, 1.165) is 9.87 Å². The van der Waals surface area contributed by atoms with Crippen molar-refractivity contribution in [3.8, 4) is 11.3 Å². The van der Waals surface area contributed by atoms with Gasteiger partial charge in [-0.3, -0.25) is 4.79 Å². The summed E-state index contributed by atoms with van der Waals surface area (Å²) in [6.07, 6.45) is 0. The zero-order chi connectivity index (χ0) is 27.6. The van der Waals surface area contributed by atoms with Gasteiger partial charge in [-0.25, -0.2) is 13.2 Å². The van der Waals surface area contributed by atoms with E-state index in [2.05, 4.69) is 0 Å². The number of hydrogen-bond donors (Lipinski definition) is 0. The predicted octanol–water partition coefficient (Wildman–Crippen LogP) is 6.62. The summed E-state index contributed by atoms with van der Waals surface area (Å²) in [7, 11) is -4.33. The molecule has 5 rings (SSSR count). The first-order valence-electron chi connectivity index (χ1n) is 12.3. The number of hydrogen-bond acceptors (Lipinski definition) is 6. The first-order chi connectivity index (χ1) is 18.8. The topological polar surface area (TPSA) is 93.9 Å². The van der Waals surface area contributed by atoms with Gasteiger partial charge in [0.25, 0.3) is 15.9 Å². The van der Waals surface area contributed by atoms with Crippen LogP contribution in [0.15, 0.2) is 112 Å².